The van der Waals surface area contributed by atoms with Crippen LogP contribution in [0.25, 0.3) is 11.5 Å². The number of carbonyl (C=O) groups excluding carboxylic acids is 1. The molecule has 0 saturated heterocycles. The van der Waals surface area contributed by atoms with Crippen LogP contribution in [-0.4, -0.2) is 27.6 Å². The molecule has 5 rings (SSSR count). The minimum Gasteiger partial charge on any atom is -0.444 e. The van der Waals surface area contributed by atoms with Gasteiger partial charge in [0.1, 0.15) is 6.26 Å². The van der Waals surface area contributed by atoms with Gasteiger partial charge in [-0.2, -0.15) is 0 Å². The summed E-state index contributed by atoms with van der Waals surface area (Å²) in [5.74, 6) is 2.06. The third-order valence-corrected chi connectivity index (χ3v) is 6.66. The molecule has 1 unspecified atom stereocenters. The molecular formula is C24H24N2O2S. The smallest absolute Gasteiger partial charge is 0.233 e. The lowest BCUT2D eigenvalue weighted by molar-refractivity contribution is -0.131. The first-order valence-electron chi connectivity index (χ1n) is 10.3. The number of aryl methyl sites for hydroxylation is 1. The van der Waals surface area contributed by atoms with Gasteiger partial charge >= 0.3 is 0 Å². The Kier molecular flexibility index (Phi) is 5.15. The first-order chi connectivity index (χ1) is 14.3. The second-order valence-electron chi connectivity index (χ2n) is 7.79. The highest BCUT2D eigenvalue weighted by atomic mass is 32.2. The van der Waals surface area contributed by atoms with Crippen molar-refractivity contribution in [1.82, 2.24) is 9.88 Å². The van der Waals surface area contributed by atoms with Gasteiger partial charge in [-0.05, 0) is 48.9 Å². The lowest BCUT2D eigenvalue weighted by Crippen LogP contribution is -2.37. The zero-order valence-electron chi connectivity index (χ0n) is 16.3. The third kappa shape index (κ3) is 3.97. The third-order valence-electron chi connectivity index (χ3n) is 5.71. The van der Waals surface area contributed by atoms with Gasteiger partial charge in [-0.15, -0.1) is 11.8 Å². The molecule has 0 N–H and O–H groups in total. The van der Waals surface area contributed by atoms with Crippen LogP contribution in [0.3, 0.4) is 0 Å². The number of aromatic nitrogens is 1. The Morgan fingerprint density at radius 2 is 1.86 bits per heavy atom. The largest absolute Gasteiger partial charge is 0.444 e. The molecule has 3 aromatic rings. The molecule has 1 atom stereocenters. The molecule has 0 radical (unpaired) electrons. The summed E-state index contributed by atoms with van der Waals surface area (Å²) in [7, 11) is 0. The lowest BCUT2D eigenvalue weighted by atomic mass is 10.1. The van der Waals surface area contributed by atoms with E-state index in [4.69, 9.17) is 4.42 Å². The molecule has 29 heavy (non-hydrogen) atoms. The van der Waals surface area contributed by atoms with Crippen LogP contribution in [-0.2, 0) is 17.0 Å². The van der Waals surface area contributed by atoms with E-state index in [1.54, 1.807) is 18.0 Å². The molecular weight excluding hydrogens is 380 g/mol. The molecule has 148 valence electrons. The van der Waals surface area contributed by atoms with Crippen molar-refractivity contribution in [3.8, 4) is 11.5 Å². The fourth-order valence-corrected chi connectivity index (χ4v) is 4.98. The van der Waals surface area contributed by atoms with Gasteiger partial charge in [0.15, 0.2) is 0 Å². The molecule has 0 aliphatic heterocycles. The van der Waals surface area contributed by atoms with Crippen LogP contribution in [0.5, 0.6) is 0 Å². The van der Waals surface area contributed by atoms with Crippen LogP contribution in [0.4, 0.5) is 0 Å². The van der Waals surface area contributed by atoms with Gasteiger partial charge in [0.05, 0.1) is 17.5 Å². The molecule has 5 heteroatoms. The van der Waals surface area contributed by atoms with Crippen LogP contribution in [0.2, 0.25) is 0 Å². The molecule has 0 spiro atoms. The highest BCUT2D eigenvalue weighted by Gasteiger charge is 2.40. The zero-order valence-corrected chi connectivity index (χ0v) is 17.1. The Labute approximate surface area is 175 Å². The highest BCUT2D eigenvalue weighted by molar-refractivity contribution is 7.99. The van der Waals surface area contributed by atoms with Crippen molar-refractivity contribution < 1.29 is 9.21 Å². The standard InChI is InChI=1S/C24H24N2O2S/c27-23(16-29-15-19-14-28-24(25-19)18-7-2-1-3-8-18)26(20-11-12-20)22-13-10-17-6-4-5-9-21(17)22/h1-9,14,20,22H,10-13,15-16H2. The topological polar surface area (TPSA) is 46.3 Å². The second kappa shape index (κ2) is 8.07. The minimum atomic E-state index is 0.253. The second-order valence-corrected chi connectivity index (χ2v) is 8.77. The predicted molar refractivity (Wildman–Crippen MR) is 115 cm³/mol. The summed E-state index contributed by atoms with van der Waals surface area (Å²) in [6.07, 6.45) is 6.10. The van der Waals surface area contributed by atoms with Crippen molar-refractivity contribution in [1.29, 1.82) is 0 Å². The Balaban J connectivity index is 1.21. The van der Waals surface area contributed by atoms with Crippen molar-refractivity contribution in [2.45, 2.75) is 43.5 Å². The van der Waals surface area contributed by atoms with Gasteiger partial charge in [0.2, 0.25) is 11.8 Å². The highest BCUT2D eigenvalue weighted by Crippen LogP contribution is 2.42. The van der Waals surface area contributed by atoms with Crippen LogP contribution in [0.15, 0.2) is 65.3 Å². The zero-order chi connectivity index (χ0) is 19.6. The minimum absolute atomic E-state index is 0.253. The van der Waals surface area contributed by atoms with E-state index in [9.17, 15) is 4.79 Å². The first-order valence-corrected chi connectivity index (χ1v) is 11.4. The van der Waals surface area contributed by atoms with Crippen LogP contribution in [0.1, 0.15) is 42.1 Å². The molecule has 2 aliphatic rings. The van der Waals surface area contributed by atoms with E-state index < -0.39 is 0 Å². The summed E-state index contributed by atoms with van der Waals surface area (Å²) < 4.78 is 5.60. The summed E-state index contributed by atoms with van der Waals surface area (Å²) in [6.45, 7) is 0. The molecule has 1 amide bonds. The molecule has 1 aromatic heterocycles. The van der Waals surface area contributed by atoms with Crippen molar-refractivity contribution in [3.63, 3.8) is 0 Å². The predicted octanol–water partition coefficient (Wildman–Crippen LogP) is 5.25. The molecule has 2 aliphatic carbocycles. The monoisotopic (exact) mass is 404 g/mol. The fraction of sp³-hybridized carbons (Fsp3) is 0.333. The van der Waals surface area contributed by atoms with Gasteiger partial charge in [-0.3, -0.25) is 4.79 Å². The van der Waals surface area contributed by atoms with Crippen LogP contribution in [0, 0.1) is 0 Å². The Bertz CT molecular complexity index is 997. The Morgan fingerprint density at radius 1 is 1.07 bits per heavy atom. The maximum atomic E-state index is 13.1. The first kappa shape index (κ1) is 18.5. The number of rotatable bonds is 7. The lowest BCUT2D eigenvalue weighted by Gasteiger charge is -2.30. The van der Waals surface area contributed by atoms with E-state index in [2.05, 4.69) is 34.1 Å². The summed E-state index contributed by atoms with van der Waals surface area (Å²) in [5, 5.41) is 0. The molecule has 1 saturated carbocycles. The number of hydrogen-bond donors (Lipinski definition) is 0. The summed E-state index contributed by atoms with van der Waals surface area (Å²) in [6, 6.07) is 19.2. The number of fused-ring (bicyclic) bond motifs is 1. The van der Waals surface area contributed by atoms with E-state index in [1.807, 2.05) is 30.3 Å². The molecule has 1 fully saturated rings. The van der Waals surface area contributed by atoms with Crippen LogP contribution >= 0.6 is 11.8 Å². The fourth-order valence-electron chi connectivity index (χ4n) is 4.21. The number of benzene rings is 2. The molecule has 2 aromatic carbocycles. The van der Waals surface area contributed by atoms with E-state index >= 15 is 0 Å². The maximum Gasteiger partial charge on any atom is 0.233 e. The molecule has 4 nitrogen and oxygen atoms in total. The average Bonchev–Trinajstić information content (AvgIpc) is 3.32. The summed E-state index contributed by atoms with van der Waals surface area (Å²) in [4.78, 5) is 19.8. The summed E-state index contributed by atoms with van der Waals surface area (Å²) in [5.41, 5.74) is 4.60. The number of amides is 1. The molecule has 0 bridgehead atoms. The Morgan fingerprint density at radius 3 is 2.69 bits per heavy atom. The quantitative estimate of drug-likeness (QED) is 0.539. The van der Waals surface area contributed by atoms with E-state index in [-0.39, 0.29) is 11.9 Å². The van der Waals surface area contributed by atoms with E-state index in [0.717, 1.165) is 36.9 Å². The summed E-state index contributed by atoms with van der Waals surface area (Å²) >= 11 is 1.62. The number of oxazole rings is 1. The van der Waals surface area contributed by atoms with Crippen molar-refractivity contribution >= 4 is 17.7 Å². The van der Waals surface area contributed by atoms with E-state index in [0.29, 0.717) is 23.4 Å². The number of carbonyl (C=O) groups is 1. The Hall–Kier alpha value is -2.53. The van der Waals surface area contributed by atoms with Gasteiger partial charge in [0.25, 0.3) is 0 Å². The van der Waals surface area contributed by atoms with Gasteiger partial charge in [0, 0.05) is 17.4 Å². The van der Waals surface area contributed by atoms with E-state index in [1.165, 1.54) is 11.1 Å². The van der Waals surface area contributed by atoms with Crippen molar-refractivity contribution in [2.75, 3.05) is 5.75 Å². The molecule has 1 heterocycles. The normalized spacial score (nSPS) is 17.9. The van der Waals surface area contributed by atoms with Crippen LogP contribution < -0.4 is 0 Å². The maximum absolute atomic E-state index is 13.1. The number of nitrogens with zero attached hydrogens (tertiary/aromatic N) is 2. The van der Waals surface area contributed by atoms with Gasteiger partial charge in [-0.1, -0.05) is 42.5 Å². The van der Waals surface area contributed by atoms with Gasteiger partial charge < -0.3 is 9.32 Å². The van der Waals surface area contributed by atoms with Crippen molar-refractivity contribution in [3.05, 3.63) is 77.7 Å². The number of thioether (sulfide) groups is 1. The SMILES string of the molecule is O=C(CSCc1coc(-c2ccccc2)n1)N(C1CC1)C1CCc2ccccc21. The van der Waals surface area contributed by atoms with Crippen molar-refractivity contribution in [2.24, 2.45) is 0 Å². The average molecular weight is 405 g/mol. The number of hydrogen-bond acceptors (Lipinski definition) is 4. The van der Waals surface area contributed by atoms with Gasteiger partial charge in [-0.25, -0.2) is 4.98 Å².